The van der Waals surface area contributed by atoms with Crippen molar-refractivity contribution in [2.75, 3.05) is 32.8 Å². The molecule has 2 saturated heterocycles. The molecule has 3 atom stereocenters. The molecule has 0 amide bonds. The molecule has 2 aliphatic heterocycles. The SMILES string of the molecule is CC(C)CC1CN(CCC2CCOC2)C(C)CN1. The van der Waals surface area contributed by atoms with Crippen LogP contribution in [0.5, 0.6) is 0 Å². The highest BCUT2D eigenvalue weighted by atomic mass is 16.5. The average molecular weight is 254 g/mol. The lowest BCUT2D eigenvalue weighted by Crippen LogP contribution is -2.55. The monoisotopic (exact) mass is 254 g/mol. The maximum Gasteiger partial charge on any atom is 0.0495 e. The number of nitrogens with one attached hydrogen (secondary N) is 1. The van der Waals surface area contributed by atoms with E-state index in [1.807, 2.05) is 0 Å². The van der Waals surface area contributed by atoms with Gasteiger partial charge in [0.25, 0.3) is 0 Å². The Kier molecular flexibility index (Phi) is 5.46. The summed E-state index contributed by atoms with van der Waals surface area (Å²) in [7, 11) is 0. The van der Waals surface area contributed by atoms with Crippen molar-refractivity contribution in [3.8, 4) is 0 Å². The zero-order valence-electron chi connectivity index (χ0n) is 12.3. The van der Waals surface area contributed by atoms with Crippen molar-refractivity contribution in [2.24, 2.45) is 11.8 Å². The summed E-state index contributed by atoms with van der Waals surface area (Å²) < 4.78 is 5.47. The molecule has 0 spiro atoms. The minimum absolute atomic E-state index is 0.690. The topological polar surface area (TPSA) is 24.5 Å². The van der Waals surface area contributed by atoms with E-state index < -0.39 is 0 Å². The normalized spacial score (nSPS) is 34.3. The van der Waals surface area contributed by atoms with E-state index in [0.29, 0.717) is 12.1 Å². The molecule has 18 heavy (non-hydrogen) atoms. The Bertz CT molecular complexity index is 239. The van der Waals surface area contributed by atoms with Gasteiger partial charge in [-0.3, -0.25) is 4.90 Å². The van der Waals surface area contributed by atoms with Crippen molar-refractivity contribution in [1.29, 1.82) is 0 Å². The lowest BCUT2D eigenvalue weighted by molar-refractivity contribution is 0.120. The first-order valence-electron chi connectivity index (χ1n) is 7.70. The maximum atomic E-state index is 5.47. The van der Waals surface area contributed by atoms with E-state index in [9.17, 15) is 0 Å². The highest BCUT2D eigenvalue weighted by Crippen LogP contribution is 2.19. The van der Waals surface area contributed by atoms with Crippen molar-refractivity contribution in [2.45, 2.75) is 52.1 Å². The summed E-state index contributed by atoms with van der Waals surface area (Å²) in [5, 5.41) is 3.69. The average Bonchev–Trinajstić information content (AvgIpc) is 2.82. The minimum Gasteiger partial charge on any atom is -0.381 e. The molecule has 0 aromatic heterocycles. The summed E-state index contributed by atoms with van der Waals surface area (Å²) in [6, 6.07) is 1.39. The molecule has 2 fully saturated rings. The van der Waals surface area contributed by atoms with Gasteiger partial charge >= 0.3 is 0 Å². The van der Waals surface area contributed by atoms with Gasteiger partial charge in [-0.2, -0.15) is 0 Å². The van der Waals surface area contributed by atoms with Gasteiger partial charge in [0.05, 0.1) is 0 Å². The molecular formula is C15H30N2O. The van der Waals surface area contributed by atoms with Crippen molar-refractivity contribution in [3.63, 3.8) is 0 Å². The molecule has 0 bridgehead atoms. The highest BCUT2D eigenvalue weighted by Gasteiger charge is 2.26. The second-order valence-corrected chi connectivity index (χ2v) is 6.60. The first-order valence-corrected chi connectivity index (χ1v) is 7.70. The molecule has 0 aromatic rings. The molecule has 0 aliphatic carbocycles. The van der Waals surface area contributed by atoms with Gasteiger partial charge in [-0.25, -0.2) is 0 Å². The van der Waals surface area contributed by atoms with Crippen LogP contribution in [0.4, 0.5) is 0 Å². The number of nitrogens with zero attached hydrogens (tertiary/aromatic N) is 1. The first-order chi connectivity index (χ1) is 8.65. The lowest BCUT2D eigenvalue weighted by Gasteiger charge is -2.39. The van der Waals surface area contributed by atoms with E-state index in [1.54, 1.807) is 0 Å². The molecule has 106 valence electrons. The van der Waals surface area contributed by atoms with Gasteiger partial charge < -0.3 is 10.1 Å². The summed E-state index contributed by atoms with van der Waals surface area (Å²) in [5.74, 6) is 1.61. The minimum atomic E-state index is 0.690. The van der Waals surface area contributed by atoms with Crippen LogP contribution in [-0.2, 0) is 4.74 Å². The zero-order chi connectivity index (χ0) is 13.0. The molecule has 1 N–H and O–H groups in total. The number of hydrogen-bond donors (Lipinski definition) is 1. The third-order valence-electron chi connectivity index (χ3n) is 4.38. The Balaban J connectivity index is 1.74. The maximum absolute atomic E-state index is 5.47. The second-order valence-electron chi connectivity index (χ2n) is 6.60. The summed E-state index contributed by atoms with van der Waals surface area (Å²) >= 11 is 0. The third-order valence-corrected chi connectivity index (χ3v) is 4.38. The smallest absolute Gasteiger partial charge is 0.0495 e. The standard InChI is InChI=1S/C15H30N2O/c1-12(2)8-15-10-17(13(3)9-16-15)6-4-14-5-7-18-11-14/h12-16H,4-11H2,1-3H3. The Labute approximate surface area is 112 Å². The Morgan fingerprint density at radius 2 is 2.22 bits per heavy atom. The van der Waals surface area contributed by atoms with E-state index in [4.69, 9.17) is 4.74 Å². The van der Waals surface area contributed by atoms with Gasteiger partial charge in [0.15, 0.2) is 0 Å². The van der Waals surface area contributed by atoms with Crippen LogP contribution in [0.3, 0.4) is 0 Å². The summed E-state index contributed by atoms with van der Waals surface area (Å²) in [6.45, 7) is 12.6. The molecule has 0 radical (unpaired) electrons. The molecule has 2 aliphatic rings. The Morgan fingerprint density at radius 1 is 1.39 bits per heavy atom. The van der Waals surface area contributed by atoms with Crippen LogP contribution in [-0.4, -0.2) is 49.8 Å². The molecule has 2 heterocycles. The van der Waals surface area contributed by atoms with Crippen molar-refractivity contribution < 1.29 is 4.74 Å². The van der Waals surface area contributed by atoms with Gasteiger partial charge in [-0.05, 0) is 44.6 Å². The van der Waals surface area contributed by atoms with E-state index in [0.717, 1.165) is 31.6 Å². The molecule has 3 nitrogen and oxygen atoms in total. The second kappa shape index (κ2) is 6.88. The summed E-state index contributed by atoms with van der Waals surface area (Å²) in [4.78, 5) is 2.68. The van der Waals surface area contributed by atoms with Crippen LogP contribution in [0.2, 0.25) is 0 Å². The molecule has 0 saturated carbocycles. The zero-order valence-corrected chi connectivity index (χ0v) is 12.3. The van der Waals surface area contributed by atoms with Crippen molar-refractivity contribution in [1.82, 2.24) is 10.2 Å². The van der Waals surface area contributed by atoms with Crippen LogP contribution in [0.1, 0.15) is 40.0 Å². The van der Waals surface area contributed by atoms with E-state index in [-0.39, 0.29) is 0 Å². The number of piperazine rings is 1. The van der Waals surface area contributed by atoms with E-state index in [1.165, 1.54) is 32.4 Å². The van der Waals surface area contributed by atoms with Gasteiger partial charge in [-0.15, -0.1) is 0 Å². The molecule has 3 heteroatoms. The van der Waals surface area contributed by atoms with E-state index >= 15 is 0 Å². The Hall–Kier alpha value is -0.120. The van der Waals surface area contributed by atoms with Crippen molar-refractivity contribution in [3.05, 3.63) is 0 Å². The highest BCUT2D eigenvalue weighted by molar-refractivity contribution is 4.84. The van der Waals surface area contributed by atoms with Crippen LogP contribution < -0.4 is 5.32 Å². The summed E-state index contributed by atoms with van der Waals surface area (Å²) in [6.07, 6.45) is 3.89. The fourth-order valence-electron chi connectivity index (χ4n) is 3.19. The fourth-order valence-corrected chi connectivity index (χ4v) is 3.19. The first kappa shape index (κ1) is 14.3. The van der Waals surface area contributed by atoms with Crippen LogP contribution in [0.25, 0.3) is 0 Å². The summed E-state index contributed by atoms with van der Waals surface area (Å²) in [5.41, 5.74) is 0. The number of ether oxygens (including phenoxy) is 1. The third kappa shape index (κ3) is 4.22. The molecule has 3 unspecified atom stereocenters. The quantitative estimate of drug-likeness (QED) is 0.813. The van der Waals surface area contributed by atoms with E-state index in [2.05, 4.69) is 31.0 Å². The van der Waals surface area contributed by atoms with Crippen LogP contribution >= 0.6 is 0 Å². The number of hydrogen-bond acceptors (Lipinski definition) is 3. The largest absolute Gasteiger partial charge is 0.381 e. The van der Waals surface area contributed by atoms with Crippen LogP contribution in [0, 0.1) is 11.8 Å². The molecular weight excluding hydrogens is 224 g/mol. The van der Waals surface area contributed by atoms with Crippen LogP contribution in [0.15, 0.2) is 0 Å². The van der Waals surface area contributed by atoms with Gasteiger partial charge in [0.2, 0.25) is 0 Å². The van der Waals surface area contributed by atoms with Gasteiger partial charge in [0.1, 0.15) is 0 Å². The van der Waals surface area contributed by atoms with Gasteiger partial charge in [-0.1, -0.05) is 13.8 Å². The van der Waals surface area contributed by atoms with Crippen molar-refractivity contribution >= 4 is 0 Å². The number of rotatable bonds is 5. The van der Waals surface area contributed by atoms with Gasteiger partial charge in [0, 0.05) is 38.4 Å². The molecule has 2 rings (SSSR count). The molecule has 0 aromatic carbocycles. The Morgan fingerprint density at radius 3 is 2.89 bits per heavy atom. The predicted octanol–water partition coefficient (Wildman–Crippen LogP) is 2.12. The lowest BCUT2D eigenvalue weighted by atomic mass is 9.98. The fraction of sp³-hybridized carbons (Fsp3) is 1.00. The predicted molar refractivity (Wildman–Crippen MR) is 75.8 cm³/mol.